The Bertz CT molecular complexity index is 531. The first-order chi connectivity index (χ1) is 10.9. The highest BCUT2D eigenvalue weighted by Gasteiger charge is 2.70. The molecule has 1 aromatic rings. The molecule has 23 heavy (non-hydrogen) atoms. The first kappa shape index (κ1) is 16.9. The van der Waals surface area contributed by atoms with Crippen LogP contribution >= 0.6 is 0 Å². The van der Waals surface area contributed by atoms with Gasteiger partial charge in [-0.2, -0.15) is 0 Å². The molecule has 2 aliphatic heterocycles. The van der Waals surface area contributed by atoms with Gasteiger partial charge in [-0.05, 0) is 25.8 Å². The standard InChI is InChI=1S/C18H26O5/c1-4-14-18(3,20)17(2)15(13(10-19)22-16(17)23-14)21-11-12-8-6-5-7-9-12/h5-9,13-16,19-20H,4,10-11H2,1-3H3/t13-,14-,15+,16+,17+,18+/m1/s1. The van der Waals surface area contributed by atoms with Gasteiger partial charge in [0.25, 0.3) is 0 Å². The quantitative estimate of drug-likeness (QED) is 0.866. The predicted octanol–water partition coefficient (Wildman–Crippen LogP) is 1.86. The molecular formula is C18H26O5. The molecule has 1 aromatic carbocycles. The van der Waals surface area contributed by atoms with E-state index < -0.39 is 29.5 Å². The maximum atomic E-state index is 11.1. The van der Waals surface area contributed by atoms with Crippen molar-refractivity contribution < 1.29 is 24.4 Å². The predicted molar refractivity (Wildman–Crippen MR) is 84.7 cm³/mol. The Hall–Kier alpha value is -0.980. The van der Waals surface area contributed by atoms with Gasteiger partial charge in [-0.1, -0.05) is 37.3 Å². The van der Waals surface area contributed by atoms with Gasteiger partial charge in [-0.3, -0.25) is 0 Å². The van der Waals surface area contributed by atoms with E-state index in [-0.39, 0.29) is 12.7 Å². The Morgan fingerprint density at radius 3 is 2.48 bits per heavy atom. The number of hydrogen-bond acceptors (Lipinski definition) is 5. The minimum atomic E-state index is -1.09. The number of ether oxygens (including phenoxy) is 3. The Balaban J connectivity index is 1.84. The molecule has 0 saturated carbocycles. The zero-order valence-electron chi connectivity index (χ0n) is 13.9. The Kier molecular flexibility index (Phi) is 4.51. The molecule has 2 heterocycles. The summed E-state index contributed by atoms with van der Waals surface area (Å²) in [4.78, 5) is 0. The first-order valence-corrected chi connectivity index (χ1v) is 8.24. The summed E-state index contributed by atoms with van der Waals surface area (Å²) in [7, 11) is 0. The van der Waals surface area contributed by atoms with E-state index in [0.717, 1.165) is 5.56 Å². The largest absolute Gasteiger partial charge is 0.394 e. The SMILES string of the molecule is CC[C@H]1O[C@@H]2O[C@H](CO)[C@H](OCc3ccccc3)[C@]2(C)[C@@]1(C)O. The van der Waals surface area contributed by atoms with E-state index in [9.17, 15) is 10.2 Å². The molecule has 2 aliphatic rings. The number of fused-ring (bicyclic) bond motifs is 1. The molecule has 128 valence electrons. The highest BCUT2D eigenvalue weighted by molar-refractivity contribution is 5.16. The van der Waals surface area contributed by atoms with Gasteiger partial charge < -0.3 is 24.4 Å². The average Bonchev–Trinajstić information content (AvgIpc) is 2.94. The highest BCUT2D eigenvalue weighted by atomic mass is 16.7. The highest BCUT2D eigenvalue weighted by Crippen LogP contribution is 2.56. The van der Waals surface area contributed by atoms with Crippen LogP contribution in [0.5, 0.6) is 0 Å². The van der Waals surface area contributed by atoms with Crippen molar-refractivity contribution in [2.75, 3.05) is 6.61 Å². The monoisotopic (exact) mass is 322 g/mol. The Morgan fingerprint density at radius 2 is 1.87 bits per heavy atom. The summed E-state index contributed by atoms with van der Waals surface area (Å²) < 4.78 is 17.9. The molecular weight excluding hydrogens is 296 g/mol. The van der Waals surface area contributed by atoms with Gasteiger partial charge in [0, 0.05) is 0 Å². The summed E-state index contributed by atoms with van der Waals surface area (Å²) >= 11 is 0. The average molecular weight is 322 g/mol. The molecule has 2 N–H and O–H groups in total. The molecule has 2 saturated heterocycles. The third-order valence-electron chi connectivity index (χ3n) is 5.55. The second-order valence-electron chi connectivity index (χ2n) is 6.87. The van der Waals surface area contributed by atoms with E-state index in [1.165, 1.54) is 0 Å². The smallest absolute Gasteiger partial charge is 0.169 e. The summed E-state index contributed by atoms with van der Waals surface area (Å²) in [6.45, 7) is 5.93. The molecule has 6 atom stereocenters. The van der Waals surface area contributed by atoms with Gasteiger partial charge in [0.05, 0.1) is 30.8 Å². The van der Waals surface area contributed by atoms with Crippen LogP contribution in [0, 0.1) is 5.41 Å². The second-order valence-corrected chi connectivity index (χ2v) is 6.87. The lowest BCUT2D eigenvalue weighted by atomic mass is 9.69. The molecule has 3 rings (SSSR count). The Labute approximate surface area is 137 Å². The second kappa shape index (κ2) is 6.15. The third-order valence-corrected chi connectivity index (χ3v) is 5.55. The fraction of sp³-hybridized carbons (Fsp3) is 0.667. The van der Waals surface area contributed by atoms with E-state index in [1.807, 2.05) is 44.2 Å². The van der Waals surface area contributed by atoms with E-state index in [0.29, 0.717) is 13.0 Å². The number of aliphatic hydroxyl groups is 2. The number of hydrogen-bond donors (Lipinski definition) is 2. The molecule has 0 bridgehead atoms. The number of aliphatic hydroxyl groups excluding tert-OH is 1. The lowest BCUT2D eigenvalue weighted by molar-refractivity contribution is -0.164. The van der Waals surface area contributed by atoms with Crippen molar-refractivity contribution in [3.8, 4) is 0 Å². The van der Waals surface area contributed by atoms with Gasteiger partial charge in [-0.15, -0.1) is 0 Å². The van der Waals surface area contributed by atoms with E-state index >= 15 is 0 Å². The molecule has 0 radical (unpaired) electrons. The van der Waals surface area contributed by atoms with Crippen LogP contribution in [0.3, 0.4) is 0 Å². The molecule has 0 aromatic heterocycles. The van der Waals surface area contributed by atoms with Gasteiger partial charge >= 0.3 is 0 Å². The topological polar surface area (TPSA) is 68.2 Å². The fourth-order valence-corrected chi connectivity index (χ4v) is 3.89. The van der Waals surface area contributed by atoms with Crippen molar-refractivity contribution in [3.63, 3.8) is 0 Å². The summed E-state index contributed by atoms with van der Waals surface area (Å²) in [5.41, 5.74) is -0.769. The van der Waals surface area contributed by atoms with Crippen LogP contribution in [0.15, 0.2) is 30.3 Å². The summed E-state index contributed by atoms with van der Waals surface area (Å²) in [6.07, 6.45) is -1.12. The minimum absolute atomic E-state index is 0.165. The molecule has 2 fully saturated rings. The number of benzene rings is 1. The van der Waals surface area contributed by atoms with Crippen LogP contribution in [0.2, 0.25) is 0 Å². The first-order valence-electron chi connectivity index (χ1n) is 8.24. The lowest BCUT2D eigenvalue weighted by Crippen LogP contribution is -2.55. The molecule has 5 nitrogen and oxygen atoms in total. The Morgan fingerprint density at radius 1 is 1.17 bits per heavy atom. The van der Waals surface area contributed by atoms with Crippen LogP contribution in [-0.4, -0.2) is 47.0 Å². The zero-order valence-corrected chi connectivity index (χ0v) is 13.9. The van der Waals surface area contributed by atoms with E-state index in [1.54, 1.807) is 6.92 Å². The van der Waals surface area contributed by atoms with Crippen molar-refractivity contribution in [1.29, 1.82) is 0 Å². The minimum Gasteiger partial charge on any atom is -0.394 e. The fourth-order valence-electron chi connectivity index (χ4n) is 3.89. The summed E-state index contributed by atoms with van der Waals surface area (Å²) in [5.74, 6) is 0. The van der Waals surface area contributed by atoms with Gasteiger partial charge in [0.15, 0.2) is 6.29 Å². The van der Waals surface area contributed by atoms with Crippen molar-refractivity contribution in [2.45, 2.75) is 64.0 Å². The maximum Gasteiger partial charge on any atom is 0.169 e. The van der Waals surface area contributed by atoms with Crippen molar-refractivity contribution in [3.05, 3.63) is 35.9 Å². The normalized spacial score (nSPS) is 42.8. The van der Waals surface area contributed by atoms with Gasteiger partial charge in [0.1, 0.15) is 11.7 Å². The van der Waals surface area contributed by atoms with Crippen LogP contribution in [0.25, 0.3) is 0 Å². The molecule has 0 unspecified atom stereocenters. The van der Waals surface area contributed by atoms with Crippen LogP contribution in [0.1, 0.15) is 32.8 Å². The van der Waals surface area contributed by atoms with Crippen LogP contribution in [-0.2, 0) is 20.8 Å². The molecule has 0 spiro atoms. The van der Waals surface area contributed by atoms with Crippen LogP contribution < -0.4 is 0 Å². The molecule has 5 heteroatoms. The van der Waals surface area contributed by atoms with Crippen molar-refractivity contribution in [1.82, 2.24) is 0 Å². The third kappa shape index (κ3) is 2.51. The summed E-state index contributed by atoms with van der Waals surface area (Å²) in [6, 6.07) is 9.85. The van der Waals surface area contributed by atoms with Crippen molar-refractivity contribution >= 4 is 0 Å². The number of rotatable bonds is 5. The maximum absolute atomic E-state index is 11.1. The van der Waals surface area contributed by atoms with Crippen LogP contribution in [0.4, 0.5) is 0 Å². The van der Waals surface area contributed by atoms with Gasteiger partial charge in [0.2, 0.25) is 0 Å². The van der Waals surface area contributed by atoms with E-state index in [2.05, 4.69) is 0 Å². The zero-order chi connectivity index (χ0) is 16.7. The van der Waals surface area contributed by atoms with E-state index in [4.69, 9.17) is 14.2 Å². The lowest BCUT2D eigenvalue weighted by Gasteiger charge is -2.40. The summed E-state index contributed by atoms with van der Waals surface area (Å²) in [5, 5.41) is 20.8. The van der Waals surface area contributed by atoms with Crippen molar-refractivity contribution in [2.24, 2.45) is 5.41 Å². The molecule has 0 amide bonds. The molecule has 0 aliphatic carbocycles. The van der Waals surface area contributed by atoms with Gasteiger partial charge in [-0.25, -0.2) is 0 Å².